The average Bonchev–Trinajstić information content (AvgIpc) is 1.59. The van der Waals surface area contributed by atoms with Crippen molar-refractivity contribution in [2.24, 2.45) is 0 Å². The van der Waals surface area contributed by atoms with Crippen LogP contribution in [0.3, 0.4) is 0 Å². The number of rotatable bonds is 10. The maximum atomic E-state index is 11.0. The predicted molar refractivity (Wildman–Crippen MR) is 375 cm³/mol. The molecule has 0 aliphatic rings. The lowest BCUT2D eigenvalue weighted by atomic mass is 9.98. The molecule has 0 N–H and O–H groups in total. The molecule has 0 spiro atoms. The second-order valence-corrected chi connectivity index (χ2v) is 23.3. The maximum Gasteiger partial charge on any atom is 0.165 e. The first kappa shape index (κ1) is 52.7. The van der Waals surface area contributed by atoms with Gasteiger partial charge in [-0.05, 0) is 163 Å². The molecule has 422 valence electrons. The summed E-state index contributed by atoms with van der Waals surface area (Å²) in [5.41, 5.74) is 22.1. The molecule has 0 radical (unpaired) electrons. The monoisotopic (exact) mass is 1160 g/mol. The SMILES string of the molecule is N#Cc1ccc(-c2cc(-n3c4ccc(-c5ccccc5)cc4c4cc(-c5ccccc5)ccc43)nc(-n3c4ccc(-c5ccccc5)cc4c4cc(-c5ccccc5)ccc43)c2-n2c3ccc(-c4ccccc4)cc3c3cc(-c4ccccc4)ccc32)cc1C#N. The van der Waals surface area contributed by atoms with Crippen molar-refractivity contribution >= 4 is 65.4 Å². The first-order valence-electron chi connectivity index (χ1n) is 30.6. The van der Waals surface area contributed by atoms with Crippen molar-refractivity contribution < 1.29 is 0 Å². The van der Waals surface area contributed by atoms with E-state index in [2.05, 4.69) is 323 Å². The molecule has 6 heteroatoms. The van der Waals surface area contributed by atoms with E-state index < -0.39 is 0 Å². The van der Waals surface area contributed by atoms with Crippen molar-refractivity contribution in [1.82, 2.24) is 18.7 Å². The van der Waals surface area contributed by atoms with Gasteiger partial charge in [-0.15, -0.1) is 0 Å². The highest BCUT2D eigenvalue weighted by Crippen LogP contribution is 2.47. The molecule has 17 rings (SSSR count). The zero-order valence-corrected chi connectivity index (χ0v) is 49.2. The van der Waals surface area contributed by atoms with E-state index in [4.69, 9.17) is 4.98 Å². The van der Waals surface area contributed by atoms with E-state index in [1.807, 2.05) is 12.1 Å². The third kappa shape index (κ3) is 8.89. The number of aromatic nitrogens is 4. The Morgan fingerprint density at radius 2 is 0.505 bits per heavy atom. The highest BCUT2D eigenvalue weighted by Gasteiger charge is 2.28. The molecule has 0 fully saturated rings. The van der Waals surface area contributed by atoms with Gasteiger partial charge in [0.05, 0.1) is 49.9 Å². The topological polar surface area (TPSA) is 75.3 Å². The fraction of sp³-hybridized carbons (Fsp3) is 0. The van der Waals surface area contributed by atoms with Crippen LogP contribution in [0.25, 0.3) is 161 Å². The first-order chi connectivity index (χ1) is 45.0. The fourth-order valence-electron chi connectivity index (χ4n) is 13.8. The Bertz CT molecular complexity index is 5520. The van der Waals surface area contributed by atoms with Gasteiger partial charge in [0.1, 0.15) is 18.0 Å². The second kappa shape index (κ2) is 21.7. The second-order valence-electron chi connectivity index (χ2n) is 23.3. The van der Waals surface area contributed by atoms with E-state index in [1.165, 1.54) is 0 Å². The highest BCUT2D eigenvalue weighted by atomic mass is 15.2. The van der Waals surface area contributed by atoms with E-state index in [9.17, 15) is 10.5 Å². The normalized spacial score (nSPS) is 11.5. The molecule has 4 aromatic heterocycles. The zero-order valence-electron chi connectivity index (χ0n) is 49.2. The minimum Gasteiger partial charge on any atom is -0.305 e. The van der Waals surface area contributed by atoms with Gasteiger partial charge in [-0.2, -0.15) is 10.5 Å². The molecule has 0 unspecified atom stereocenters. The molecule has 13 aromatic carbocycles. The smallest absolute Gasteiger partial charge is 0.165 e. The standard InChI is InChI=1S/C85H52N6/c86-53-68-32-31-67(45-69(68)54-87)70-52-83(89-77-39-33-61(55-19-7-1-8-20-55)46-71(77)72-47-62(34-40-78(72)89)56-21-9-2-10-22-56)88-85(91-81-43-37-65(59-27-15-5-16-28-59)50-75(81)76-51-66(38-44-82(76)91)60-29-17-6-18-30-60)84(70)90-79-41-35-63(57-23-11-3-12-24-57)48-73(79)74-49-64(36-42-80(74)90)58-25-13-4-14-26-58/h1-52H. The van der Waals surface area contributed by atoms with Gasteiger partial charge in [-0.25, -0.2) is 4.98 Å². The van der Waals surface area contributed by atoms with Crippen molar-refractivity contribution in [3.05, 3.63) is 327 Å². The van der Waals surface area contributed by atoms with Crippen LogP contribution in [-0.4, -0.2) is 18.7 Å². The number of fused-ring (bicyclic) bond motifs is 9. The van der Waals surface area contributed by atoms with Gasteiger partial charge in [-0.1, -0.05) is 224 Å². The van der Waals surface area contributed by atoms with E-state index >= 15 is 0 Å². The molecule has 0 saturated carbocycles. The number of pyridine rings is 1. The Balaban J connectivity index is 1.06. The van der Waals surface area contributed by atoms with Crippen molar-refractivity contribution in [2.75, 3.05) is 0 Å². The molecule has 0 amide bonds. The third-order valence-electron chi connectivity index (χ3n) is 18.1. The van der Waals surface area contributed by atoms with Crippen LogP contribution in [0.2, 0.25) is 0 Å². The van der Waals surface area contributed by atoms with Crippen LogP contribution in [0.1, 0.15) is 11.1 Å². The molecule has 17 aromatic rings. The molecular formula is C85H52N6. The van der Waals surface area contributed by atoms with E-state index in [0.717, 1.165) is 149 Å². The summed E-state index contributed by atoms with van der Waals surface area (Å²) in [5, 5.41) is 28.0. The summed E-state index contributed by atoms with van der Waals surface area (Å²) in [6.07, 6.45) is 0. The van der Waals surface area contributed by atoms with E-state index in [1.54, 1.807) is 6.07 Å². The Kier molecular flexibility index (Phi) is 12.5. The molecular weight excluding hydrogens is 1100 g/mol. The Labute approximate surface area is 525 Å². The van der Waals surface area contributed by atoms with Crippen LogP contribution in [0.15, 0.2) is 315 Å². The summed E-state index contributed by atoms with van der Waals surface area (Å²) in [7, 11) is 0. The summed E-state index contributed by atoms with van der Waals surface area (Å²) in [5.74, 6) is 1.34. The Morgan fingerprint density at radius 3 is 0.802 bits per heavy atom. The van der Waals surface area contributed by atoms with Crippen LogP contribution in [-0.2, 0) is 0 Å². The Hall–Kier alpha value is -12.6. The summed E-state index contributed by atoms with van der Waals surface area (Å²) in [6.45, 7) is 0. The number of hydrogen-bond donors (Lipinski definition) is 0. The summed E-state index contributed by atoms with van der Waals surface area (Å²) in [6, 6.07) is 117. The lowest BCUT2D eigenvalue weighted by molar-refractivity contribution is 0.985. The third-order valence-corrected chi connectivity index (χ3v) is 18.1. The lowest BCUT2D eigenvalue weighted by Gasteiger charge is -2.22. The van der Waals surface area contributed by atoms with Crippen molar-refractivity contribution in [3.8, 4) is 107 Å². The molecule has 0 saturated heterocycles. The van der Waals surface area contributed by atoms with Crippen LogP contribution >= 0.6 is 0 Å². The molecule has 91 heavy (non-hydrogen) atoms. The quantitative estimate of drug-likeness (QED) is 0.137. The lowest BCUT2D eigenvalue weighted by Crippen LogP contribution is -2.11. The number of nitriles is 2. The summed E-state index contributed by atoms with van der Waals surface area (Å²) >= 11 is 0. The minimum absolute atomic E-state index is 0.283. The van der Waals surface area contributed by atoms with E-state index in [-0.39, 0.29) is 5.56 Å². The molecule has 0 atom stereocenters. The summed E-state index contributed by atoms with van der Waals surface area (Å²) < 4.78 is 7.09. The number of hydrogen-bond acceptors (Lipinski definition) is 3. The zero-order chi connectivity index (χ0) is 60.5. The van der Waals surface area contributed by atoms with Gasteiger partial charge >= 0.3 is 0 Å². The maximum absolute atomic E-state index is 11.0. The largest absolute Gasteiger partial charge is 0.305 e. The van der Waals surface area contributed by atoms with Gasteiger partial charge in [0.15, 0.2) is 5.82 Å². The van der Waals surface area contributed by atoms with Crippen molar-refractivity contribution in [3.63, 3.8) is 0 Å². The average molecular weight is 1160 g/mol. The molecule has 0 aliphatic carbocycles. The van der Waals surface area contributed by atoms with E-state index in [0.29, 0.717) is 17.2 Å². The van der Waals surface area contributed by atoms with Gasteiger partial charge in [-0.3, -0.25) is 9.13 Å². The van der Waals surface area contributed by atoms with Gasteiger partial charge in [0, 0.05) is 37.9 Å². The van der Waals surface area contributed by atoms with Crippen LogP contribution in [0.4, 0.5) is 0 Å². The van der Waals surface area contributed by atoms with Crippen LogP contribution in [0, 0.1) is 22.7 Å². The van der Waals surface area contributed by atoms with Crippen molar-refractivity contribution in [1.29, 1.82) is 10.5 Å². The summed E-state index contributed by atoms with van der Waals surface area (Å²) in [4.78, 5) is 6.23. The van der Waals surface area contributed by atoms with Crippen LogP contribution < -0.4 is 0 Å². The number of benzene rings is 13. The molecule has 0 bridgehead atoms. The molecule has 0 aliphatic heterocycles. The minimum atomic E-state index is 0.283. The Morgan fingerprint density at radius 1 is 0.231 bits per heavy atom. The molecule has 4 heterocycles. The number of nitrogens with zero attached hydrogens (tertiary/aromatic N) is 6. The highest BCUT2D eigenvalue weighted by molar-refractivity contribution is 6.16. The van der Waals surface area contributed by atoms with Crippen LogP contribution in [0.5, 0.6) is 0 Å². The van der Waals surface area contributed by atoms with Gasteiger partial charge < -0.3 is 4.57 Å². The predicted octanol–water partition coefficient (Wildman–Crippen LogP) is 21.8. The van der Waals surface area contributed by atoms with Gasteiger partial charge in [0.2, 0.25) is 0 Å². The van der Waals surface area contributed by atoms with Crippen molar-refractivity contribution in [2.45, 2.75) is 0 Å². The fourth-order valence-corrected chi connectivity index (χ4v) is 13.8. The van der Waals surface area contributed by atoms with Gasteiger partial charge in [0.25, 0.3) is 0 Å². The first-order valence-corrected chi connectivity index (χ1v) is 30.6. The molecule has 6 nitrogen and oxygen atoms in total.